The van der Waals surface area contributed by atoms with E-state index in [4.69, 9.17) is 4.74 Å². The van der Waals surface area contributed by atoms with Crippen LogP contribution in [0, 0.1) is 0 Å². The molecule has 1 aliphatic heterocycles. The van der Waals surface area contributed by atoms with Crippen LogP contribution in [0.5, 0.6) is 5.75 Å². The number of hydrogen-bond acceptors (Lipinski definition) is 2. The second-order valence-electron chi connectivity index (χ2n) is 7.62. The Balaban J connectivity index is 1.79. The van der Waals surface area contributed by atoms with Gasteiger partial charge in [0.1, 0.15) is 5.75 Å². The monoisotopic (exact) mass is 416 g/mol. The van der Waals surface area contributed by atoms with Crippen molar-refractivity contribution in [2.45, 2.75) is 31.4 Å². The van der Waals surface area contributed by atoms with Crippen molar-refractivity contribution < 1.29 is 22.7 Å². The number of rotatable bonds is 5. The minimum absolute atomic E-state index is 0.0350. The number of amides is 1. The quantitative estimate of drug-likeness (QED) is 0.610. The molecular formula is C23H23F3N2O2. The van der Waals surface area contributed by atoms with E-state index >= 15 is 0 Å². The fourth-order valence-electron chi connectivity index (χ4n) is 4.15. The number of likely N-dealkylation sites (tertiary alicyclic amines) is 1. The molecule has 4 nitrogen and oxygen atoms in total. The summed E-state index contributed by atoms with van der Waals surface area (Å²) in [5, 5.41) is 0.839. The highest BCUT2D eigenvalue weighted by Gasteiger charge is 2.32. The average molecular weight is 416 g/mol. The lowest BCUT2D eigenvalue weighted by atomic mass is 9.87. The van der Waals surface area contributed by atoms with Crippen LogP contribution < -0.4 is 4.74 Å². The summed E-state index contributed by atoms with van der Waals surface area (Å²) >= 11 is 0. The molecule has 1 aliphatic rings. The smallest absolute Gasteiger partial charge is 0.416 e. The van der Waals surface area contributed by atoms with E-state index < -0.39 is 17.7 Å². The lowest BCUT2D eigenvalue weighted by molar-refractivity contribution is -0.137. The van der Waals surface area contributed by atoms with Crippen molar-refractivity contribution in [1.29, 1.82) is 0 Å². The van der Waals surface area contributed by atoms with Crippen molar-refractivity contribution in [2.24, 2.45) is 0 Å². The molecule has 0 unspecified atom stereocenters. The summed E-state index contributed by atoms with van der Waals surface area (Å²) in [5.41, 5.74) is 1.39. The number of hydrogen-bond donors (Lipinski definition) is 1. The van der Waals surface area contributed by atoms with Crippen LogP contribution in [0.15, 0.2) is 48.7 Å². The van der Waals surface area contributed by atoms with E-state index in [0.29, 0.717) is 24.4 Å². The number of fused-ring (bicyclic) bond motifs is 1. The Labute approximate surface area is 172 Å². The van der Waals surface area contributed by atoms with E-state index in [1.165, 1.54) is 6.07 Å². The topological polar surface area (TPSA) is 45.3 Å². The zero-order chi connectivity index (χ0) is 21.3. The lowest BCUT2D eigenvalue weighted by Crippen LogP contribution is -2.29. The number of methoxy groups -OCH3 is 1. The highest BCUT2D eigenvalue weighted by Crippen LogP contribution is 2.38. The third-order valence-corrected chi connectivity index (χ3v) is 5.75. The molecular weight excluding hydrogens is 393 g/mol. The van der Waals surface area contributed by atoms with Gasteiger partial charge < -0.3 is 14.6 Å². The predicted molar refractivity (Wildman–Crippen MR) is 109 cm³/mol. The molecule has 7 heteroatoms. The zero-order valence-corrected chi connectivity index (χ0v) is 16.6. The minimum Gasteiger partial charge on any atom is -0.497 e. The zero-order valence-electron chi connectivity index (χ0n) is 16.6. The molecule has 0 spiro atoms. The Morgan fingerprint density at radius 3 is 2.63 bits per heavy atom. The summed E-state index contributed by atoms with van der Waals surface area (Å²) in [5.74, 6) is 0.116. The van der Waals surface area contributed by atoms with Gasteiger partial charge in [-0.15, -0.1) is 0 Å². The largest absolute Gasteiger partial charge is 0.497 e. The van der Waals surface area contributed by atoms with Crippen molar-refractivity contribution in [3.05, 3.63) is 65.4 Å². The Bertz CT molecular complexity index is 1050. The SMILES string of the molecule is COc1ccc2[nH]cc([C@@H](CC(=O)N3CCCC3)c3cccc(C(F)(F)F)c3)c2c1. The fraction of sp³-hybridized carbons (Fsp3) is 0.348. The molecule has 158 valence electrons. The molecule has 1 fully saturated rings. The minimum atomic E-state index is -4.44. The van der Waals surface area contributed by atoms with E-state index in [1.54, 1.807) is 24.3 Å². The predicted octanol–water partition coefficient (Wildman–Crippen LogP) is 5.34. The van der Waals surface area contributed by atoms with Gasteiger partial charge in [0.15, 0.2) is 0 Å². The summed E-state index contributed by atoms with van der Waals surface area (Å²) in [6.07, 6.45) is -0.616. The summed E-state index contributed by atoms with van der Waals surface area (Å²) < 4.78 is 45.3. The highest BCUT2D eigenvalue weighted by atomic mass is 19.4. The molecule has 1 aromatic heterocycles. The fourth-order valence-corrected chi connectivity index (χ4v) is 4.15. The van der Waals surface area contributed by atoms with Gasteiger partial charge in [0.25, 0.3) is 0 Å². The van der Waals surface area contributed by atoms with Crippen LogP contribution in [0.1, 0.15) is 41.9 Å². The van der Waals surface area contributed by atoms with Gasteiger partial charge in [-0.05, 0) is 48.2 Å². The van der Waals surface area contributed by atoms with Gasteiger partial charge >= 0.3 is 6.18 Å². The van der Waals surface area contributed by atoms with Crippen LogP contribution in [0.4, 0.5) is 13.2 Å². The third kappa shape index (κ3) is 4.01. The van der Waals surface area contributed by atoms with E-state index in [1.807, 2.05) is 18.2 Å². The van der Waals surface area contributed by atoms with E-state index in [9.17, 15) is 18.0 Å². The van der Waals surface area contributed by atoms with Gasteiger partial charge in [0.2, 0.25) is 5.91 Å². The van der Waals surface area contributed by atoms with Gasteiger partial charge in [-0.3, -0.25) is 4.79 Å². The molecule has 0 aliphatic carbocycles. The summed E-state index contributed by atoms with van der Waals surface area (Å²) in [4.78, 5) is 17.9. The van der Waals surface area contributed by atoms with Crippen molar-refractivity contribution in [1.82, 2.24) is 9.88 Å². The van der Waals surface area contributed by atoms with Gasteiger partial charge in [-0.1, -0.05) is 18.2 Å². The molecule has 2 aromatic carbocycles. The lowest BCUT2D eigenvalue weighted by Gasteiger charge is -2.22. The number of benzene rings is 2. The highest BCUT2D eigenvalue weighted by molar-refractivity contribution is 5.87. The number of alkyl halides is 3. The first-order valence-electron chi connectivity index (χ1n) is 9.97. The second-order valence-corrected chi connectivity index (χ2v) is 7.62. The Morgan fingerprint density at radius 1 is 1.17 bits per heavy atom. The van der Waals surface area contributed by atoms with Crippen molar-refractivity contribution >= 4 is 16.8 Å². The van der Waals surface area contributed by atoms with Gasteiger partial charge in [0.05, 0.1) is 12.7 Å². The number of aromatic nitrogens is 1. The second kappa shape index (κ2) is 8.05. The molecule has 0 bridgehead atoms. The van der Waals surface area contributed by atoms with E-state index in [2.05, 4.69) is 4.98 Å². The average Bonchev–Trinajstić information content (AvgIpc) is 3.41. The number of carbonyl (C=O) groups excluding carboxylic acids is 1. The molecule has 1 saturated heterocycles. The Kier molecular flexibility index (Phi) is 5.45. The van der Waals surface area contributed by atoms with Crippen LogP contribution in [0.2, 0.25) is 0 Å². The normalized spacial score (nSPS) is 15.5. The maximum atomic E-state index is 13.3. The molecule has 1 amide bonds. The molecule has 1 atom stereocenters. The van der Waals surface area contributed by atoms with Gasteiger partial charge in [-0.25, -0.2) is 0 Å². The summed E-state index contributed by atoms with van der Waals surface area (Å²) in [6, 6.07) is 10.8. The first-order valence-corrected chi connectivity index (χ1v) is 9.97. The van der Waals surface area contributed by atoms with Crippen LogP contribution in [-0.4, -0.2) is 36.0 Å². The van der Waals surface area contributed by atoms with E-state index in [0.717, 1.165) is 41.4 Å². The number of nitrogens with zero attached hydrogens (tertiary/aromatic N) is 1. The van der Waals surface area contributed by atoms with Crippen LogP contribution in [0.3, 0.4) is 0 Å². The van der Waals surface area contributed by atoms with Crippen LogP contribution in [0.25, 0.3) is 10.9 Å². The van der Waals surface area contributed by atoms with Gasteiger partial charge in [-0.2, -0.15) is 13.2 Å². The molecule has 30 heavy (non-hydrogen) atoms. The molecule has 3 aromatic rings. The maximum absolute atomic E-state index is 13.3. The van der Waals surface area contributed by atoms with Gasteiger partial charge in [0, 0.05) is 42.5 Å². The number of halogens is 3. The van der Waals surface area contributed by atoms with Crippen LogP contribution >= 0.6 is 0 Å². The molecule has 4 rings (SSSR count). The molecule has 1 N–H and O–H groups in total. The molecule has 0 radical (unpaired) electrons. The maximum Gasteiger partial charge on any atom is 0.416 e. The first kappa shape index (κ1) is 20.3. The number of carbonyl (C=O) groups is 1. The third-order valence-electron chi connectivity index (χ3n) is 5.75. The first-order chi connectivity index (χ1) is 14.4. The summed E-state index contributed by atoms with van der Waals surface area (Å²) in [7, 11) is 1.56. The summed E-state index contributed by atoms with van der Waals surface area (Å²) in [6.45, 7) is 1.41. The van der Waals surface area contributed by atoms with Crippen molar-refractivity contribution in [3.63, 3.8) is 0 Å². The Hall–Kier alpha value is -2.96. The number of H-pyrrole nitrogens is 1. The standard InChI is InChI=1S/C23H23F3N2O2/c1-30-17-7-8-21-19(12-17)20(14-27-21)18(13-22(29)28-9-2-3-10-28)15-5-4-6-16(11-15)23(24,25)26/h4-8,11-12,14,18,27H,2-3,9-10,13H2,1H3/t18-/m0/s1. The number of ether oxygens (including phenoxy) is 1. The van der Waals surface area contributed by atoms with Crippen molar-refractivity contribution in [3.8, 4) is 5.75 Å². The van der Waals surface area contributed by atoms with E-state index in [-0.39, 0.29) is 12.3 Å². The number of nitrogens with one attached hydrogen (secondary N) is 1. The van der Waals surface area contributed by atoms with Crippen molar-refractivity contribution in [2.75, 3.05) is 20.2 Å². The number of aromatic amines is 1. The Morgan fingerprint density at radius 2 is 1.93 bits per heavy atom. The van der Waals surface area contributed by atoms with Crippen LogP contribution in [-0.2, 0) is 11.0 Å². The molecule has 0 saturated carbocycles. The molecule has 2 heterocycles.